The number of quaternary nitrogens is 1. The molecule has 9 nitrogen and oxygen atoms in total. The number of benzene rings is 2. The van der Waals surface area contributed by atoms with Crippen molar-refractivity contribution in [3.8, 4) is 0 Å². The van der Waals surface area contributed by atoms with Crippen LogP contribution in [0.3, 0.4) is 0 Å². The molecule has 0 saturated carbocycles. The largest absolute Gasteiger partial charge is 0.318 e. The second-order valence-corrected chi connectivity index (χ2v) is 9.15. The van der Waals surface area contributed by atoms with Crippen molar-refractivity contribution in [1.82, 2.24) is 0 Å². The van der Waals surface area contributed by atoms with Gasteiger partial charge in [-0.1, -0.05) is 23.7 Å². The van der Waals surface area contributed by atoms with Crippen molar-refractivity contribution in [3.63, 3.8) is 0 Å². The topological polar surface area (TPSA) is 114 Å². The van der Waals surface area contributed by atoms with Crippen LogP contribution in [0.5, 0.6) is 0 Å². The standard InChI is InChI=1S/C22H17ClN4O5/c23-14-7-2-6-13-18(14)24-21(30)22(13)17-16(15-8-3-9-25(15)22)19(28)26(20(17)29)11-4-1-5-12(10-11)27(31)32/h1-2,4-7,10,15-17H,3,8-9H2,(H,24,30)/p+1/t15-,16+,17+,22-/m1/s1. The SMILES string of the molecule is O=C1[C@H]2[C@H]3CCC[NH+]3[C@@]3(C(=O)Nc4c(Cl)cccc43)[C@@H]2C(=O)N1c1cccc([N+](=O)[O-])c1. The first kappa shape index (κ1) is 19.4. The van der Waals surface area contributed by atoms with Gasteiger partial charge < -0.3 is 10.2 Å². The summed E-state index contributed by atoms with van der Waals surface area (Å²) in [7, 11) is 0. The number of carbonyl (C=O) groups excluding carboxylic acids is 3. The molecule has 4 aliphatic rings. The Morgan fingerprint density at radius 3 is 2.72 bits per heavy atom. The summed E-state index contributed by atoms with van der Waals surface area (Å²) in [6, 6.07) is 10.5. The van der Waals surface area contributed by atoms with Crippen LogP contribution >= 0.6 is 11.6 Å². The third-order valence-electron chi connectivity index (χ3n) is 7.50. The highest BCUT2D eigenvalue weighted by Crippen LogP contribution is 2.53. The van der Waals surface area contributed by atoms with Crippen LogP contribution in [0.25, 0.3) is 0 Å². The number of fused-ring (bicyclic) bond motifs is 7. The summed E-state index contributed by atoms with van der Waals surface area (Å²) in [4.78, 5) is 53.6. The van der Waals surface area contributed by atoms with Crippen molar-refractivity contribution in [2.24, 2.45) is 11.8 Å². The summed E-state index contributed by atoms with van der Waals surface area (Å²) in [5, 5.41) is 14.5. The molecule has 10 heteroatoms. The average molecular weight is 454 g/mol. The highest BCUT2D eigenvalue weighted by molar-refractivity contribution is 6.35. The van der Waals surface area contributed by atoms with E-state index < -0.39 is 34.1 Å². The minimum absolute atomic E-state index is 0.156. The molecule has 2 aromatic carbocycles. The number of amides is 3. The van der Waals surface area contributed by atoms with Crippen LogP contribution in [0.4, 0.5) is 17.1 Å². The van der Waals surface area contributed by atoms with Gasteiger partial charge in [-0.25, -0.2) is 4.90 Å². The summed E-state index contributed by atoms with van der Waals surface area (Å²) in [6.45, 7) is 0.675. The van der Waals surface area contributed by atoms with Gasteiger partial charge in [0, 0.05) is 30.5 Å². The lowest BCUT2D eigenvalue weighted by atomic mass is 9.75. The van der Waals surface area contributed by atoms with Crippen LogP contribution in [-0.2, 0) is 19.9 Å². The molecule has 1 spiro atoms. The van der Waals surface area contributed by atoms with Gasteiger partial charge in [-0.3, -0.25) is 24.5 Å². The highest BCUT2D eigenvalue weighted by atomic mass is 35.5. The number of hydrogen-bond donors (Lipinski definition) is 2. The zero-order chi connectivity index (χ0) is 22.4. The van der Waals surface area contributed by atoms with Crippen molar-refractivity contribution in [2.45, 2.75) is 24.4 Å². The van der Waals surface area contributed by atoms with E-state index >= 15 is 0 Å². The summed E-state index contributed by atoms with van der Waals surface area (Å²) in [5.74, 6) is -2.78. The van der Waals surface area contributed by atoms with E-state index in [9.17, 15) is 24.5 Å². The minimum atomic E-state index is -1.24. The maximum Gasteiger partial charge on any atom is 0.291 e. The van der Waals surface area contributed by atoms with Gasteiger partial charge in [0.25, 0.3) is 11.6 Å². The Balaban J connectivity index is 1.54. The molecule has 1 unspecified atom stereocenters. The van der Waals surface area contributed by atoms with Crippen LogP contribution in [-0.4, -0.2) is 35.2 Å². The van der Waals surface area contributed by atoms with Gasteiger partial charge in [0.1, 0.15) is 17.9 Å². The van der Waals surface area contributed by atoms with Gasteiger partial charge in [0.05, 0.1) is 27.9 Å². The van der Waals surface area contributed by atoms with Crippen molar-refractivity contribution < 1.29 is 24.2 Å². The maximum absolute atomic E-state index is 13.8. The molecule has 3 amide bonds. The number of rotatable bonds is 2. The van der Waals surface area contributed by atoms with E-state index in [1.165, 1.54) is 24.3 Å². The highest BCUT2D eigenvalue weighted by Gasteiger charge is 2.78. The normalized spacial score (nSPS) is 32.3. The first-order valence-corrected chi connectivity index (χ1v) is 10.8. The van der Waals surface area contributed by atoms with E-state index in [0.717, 1.165) is 22.6 Å². The number of non-ortho nitro benzene ring substituents is 1. The molecule has 0 radical (unpaired) electrons. The third-order valence-corrected chi connectivity index (χ3v) is 7.82. The fourth-order valence-electron chi connectivity index (χ4n) is 6.45. The minimum Gasteiger partial charge on any atom is -0.318 e. The molecule has 4 heterocycles. The number of para-hydroxylation sites is 1. The van der Waals surface area contributed by atoms with Crippen molar-refractivity contribution in [3.05, 3.63) is 63.2 Å². The van der Waals surface area contributed by atoms with Crippen LogP contribution < -0.4 is 15.1 Å². The zero-order valence-electron chi connectivity index (χ0n) is 16.7. The molecule has 0 aliphatic carbocycles. The van der Waals surface area contributed by atoms with Crippen LogP contribution in [0.1, 0.15) is 18.4 Å². The number of halogens is 1. The lowest BCUT2D eigenvalue weighted by Gasteiger charge is -2.33. The second-order valence-electron chi connectivity index (χ2n) is 8.74. The van der Waals surface area contributed by atoms with E-state index in [-0.39, 0.29) is 23.3 Å². The smallest absolute Gasteiger partial charge is 0.291 e. The Labute approximate surface area is 187 Å². The van der Waals surface area contributed by atoms with E-state index in [2.05, 4.69) is 5.32 Å². The lowest BCUT2D eigenvalue weighted by Crippen LogP contribution is -3.19. The molecule has 0 aromatic heterocycles. The number of nitrogens with one attached hydrogen (secondary N) is 2. The zero-order valence-corrected chi connectivity index (χ0v) is 17.5. The number of nitro benzene ring substituents is 1. The Morgan fingerprint density at radius 1 is 1.16 bits per heavy atom. The van der Waals surface area contributed by atoms with E-state index in [1.54, 1.807) is 18.2 Å². The fraction of sp³-hybridized carbons (Fsp3) is 0.318. The number of anilines is 2. The Kier molecular flexibility index (Phi) is 3.86. The number of nitrogens with zero attached hydrogens (tertiary/aromatic N) is 2. The predicted molar refractivity (Wildman–Crippen MR) is 113 cm³/mol. The number of carbonyl (C=O) groups is 3. The molecule has 3 saturated heterocycles. The third kappa shape index (κ3) is 2.14. The van der Waals surface area contributed by atoms with Gasteiger partial charge in [-0.05, 0) is 18.2 Å². The van der Waals surface area contributed by atoms with E-state index in [4.69, 9.17) is 11.6 Å². The lowest BCUT2D eigenvalue weighted by molar-refractivity contribution is -0.948. The van der Waals surface area contributed by atoms with Gasteiger partial charge >= 0.3 is 0 Å². The van der Waals surface area contributed by atoms with Crippen LogP contribution in [0.15, 0.2) is 42.5 Å². The summed E-state index contributed by atoms with van der Waals surface area (Å²) >= 11 is 6.37. The van der Waals surface area contributed by atoms with Gasteiger partial charge in [-0.2, -0.15) is 0 Å². The quantitative estimate of drug-likeness (QED) is 0.403. The van der Waals surface area contributed by atoms with Gasteiger partial charge in [0.15, 0.2) is 0 Å². The summed E-state index contributed by atoms with van der Waals surface area (Å²) in [5.41, 5.74) is -0.158. The van der Waals surface area contributed by atoms with Crippen LogP contribution in [0, 0.1) is 22.0 Å². The van der Waals surface area contributed by atoms with Crippen molar-refractivity contribution >= 4 is 46.4 Å². The van der Waals surface area contributed by atoms with E-state index in [0.29, 0.717) is 22.8 Å². The Bertz CT molecular complexity index is 1250. The molecule has 162 valence electrons. The average Bonchev–Trinajstić information content (AvgIpc) is 3.47. The molecule has 0 bridgehead atoms. The summed E-state index contributed by atoms with van der Waals surface area (Å²) in [6.07, 6.45) is 1.57. The number of imide groups is 1. The Morgan fingerprint density at radius 2 is 1.94 bits per heavy atom. The first-order chi connectivity index (χ1) is 15.4. The van der Waals surface area contributed by atoms with Crippen LogP contribution in [0.2, 0.25) is 5.02 Å². The maximum atomic E-state index is 13.8. The molecule has 5 atom stereocenters. The molecular weight excluding hydrogens is 436 g/mol. The monoisotopic (exact) mass is 453 g/mol. The molecule has 2 N–H and O–H groups in total. The van der Waals surface area contributed by atoms with Gasteiger partial charge in [0.2, 0.25) is 17.4 Å². The van der Waals surface area contributed by atoms with E-state index in [1.807, 2.05) is 0 Å². The molecular formula is C22H18ClN4O5+. The first-order valence-electron chi connectivity index (χ1n) is 10.5. The number of nitro groups is 1. The predicted octanol–water partition coefficient (Wildman–Crippen LogP) is 1.26. The second kappa shape index (κ2) is 6.36. The molecule has 32 heavy (non-hydrogen) atoms. The molecule has 3 fully saturated rings. The number of hydrogen-bond acceptors (Lipinski definition) is 5. The summed E-state index contributed by atoms with van der Waals surface area (Å²) < 4.78 is 0. The molecule has 2 aromatic rings. The van der Waals surface area contributed by atoms with Crippen molar-refractivity contribution in [1.29, 1.82) is 0 Å². The van der Waals surface area contributed by atoms with Crippen molar-refractivity contribution in [2.75, 3.05) is 16.8 Å². The Hall–Kier alpha value is -3.30. The molecule has 4 aliphatic heterocycles. The van der Waals surface area contributed by atoms with Gasteiger partial charge in [-0.15, -0.1) is 0 Å². The molecule has 6 rings (SSSR count). The fourth-order valence-corrected chi connectivity index (χ4v) is 6.67.